The third-order valence-corrected chi connectivity index (χ3v) is 4.35. The molecule has 0 radical (unpaired) electrons. The van der Waals surface area contributed by atoms with Crippen LogP contribution in [0, 0.1) is 11.3 Å². The number of nitrogens with zero attached hydrogens (tertiary/aromatic N) is 2. The maximum atomic E-state index is 10.5. The summed E-state index contributed by atoms with van der Waals surface area (Å²) in [5.41, 5.74) is 3.12. The number of carboxylic acids is 1. The Balaban J connectivity index is 1.79. The van der Waals surface area contributed by atoms with Crippen molar-refractivity contribution in [3.63, 3.8) is 0 Å². The lowest BCUT2D eigenvalue weighted by atomic mass is 10.1. The number of nitriles is 1. The molecule has 0 spiro atoms. The lowest BCUT2D eigenvalue weighted by Gasteiger charge is -2.03. The van der Waals surface area contributed by atoms with E-state index in [4.69, 9.17) is 9.84 Å². The number of thiazole rings is 1. The summed E-state index contributed by atoms with van der Waals surface area (Å²) in [5, 5.41) is 20.7. The number of aliphatic carboxylic acids is 1. The van der Waals surface area contributed by atoms with Crippen LogP contribution < -0.4 is 4.74 Å². The quantitative estimate of drug-likeness (QED) is 0.660. The van der Waals surface area contributed by atoms with Gasteiger partial charge in [0.05, 0.1) is 11.3 Å². The fourth-order valence-electron chi connectivity index (χ4n) is 2.25. The van der Waals surface area contributed by atoms with Gasteiger partial charge in [0.1, 0.15) is 16.8 Å². The Morgan fingerprint density at radius 2 is 1.92 bits per heavy atom. The fourth-order valence-corrected chi connectivity index (χ4v) is 3.05. The third kappa shape index (κ3) is 4.35. The molecule has 128 valence electrons. The molecule has 0 aliphatic heterocycles. The second kappa shape index (κ2) is 8.10. The summed E-state index contributed by atoms with van der Waals surface area (Å²) in [7, 11) is 0. The smallest absolute Gasteiger partial charge is 0.341 e. The van der Waals surface area contributed by atoms with Crippen molar-refractivity contribution < 1.29 is 14.6 Å². The number of rotatable bonds is 6. The maximum absolute atomic E-state index is 10.5. The van der Waals surface area contributed by atoms with E-state index in [1.54, 1.807) is 30.3 Å². The van der Waals surface area contributed by atoms with Gasteiger partial charge in [-0.05, 0) is 23.8 Å². The zero-order valence-electron chi connectivity index (χ0n) is 13.6. The van der Waals surface area contributed by atoms with Gasteiger partial charge in [-0.3, -0.25) is 0 Å². The van der Waals surface area contributed by atoms with Gasteiger partial charge in [0.2, 0.25) is 0 Å². The van der Waals surface area contributed by atoms with Crippen molar-refractivity contribution in [3.05, 3.63) is 70.5 Å². The van der Waals surface area contributed by atoms with Gasteiger partial charge in [-0.15, -0.1) is 11.3 Å². The summed E-state index contributed by atoms with van der Waals surface area (Å²) in [4.78, 5) is 15.1. The molecule has 6 heteroatoms. The summed E-state index contributed by atoms with van der Waals surface area (Å²) in [6, 6.07) is 18.8. The predicted octanol–water partition coefficient (Wildman–Crippen LogP) is 4.34. The number of hydrogen-bond donors (Lipinski definition) is 1. The average Bonchev–Trinajstić information content (AvgIpc) is 3.16. The van der Waals surface area contributed by atoms with Crippen LogP contribution in [-0.4, -0.2) is 22.7 Å². The van der Waals surface area contributed by atoms with Crippen molar-refractivity contribution in [2.45, 2.75) is 0 Å². The number of allylic oxidation sites excluding steroid dienone is 1. The van der Waals surface area contributed by atoms with Crippen LogP contribution in [0.3, 0.4) is 0 Å². The second-order valence-electron chi connectivity index (χ2n) is 5.33. The molecule has 26 heavy (non-hydrogen) atoms. The van der Waals surface area contributed by atoms with Crippen LogP contribution in [0.4, 0.5) is 0 Å². The highest BCUT2D eigenvalue weighted by Gasteiger charge is 2.09. The first-order chi connectivity index (χ1) is 12.7. The molecular weight excluding hydrogens is 348 g/mol. The van der Waals surface area contributed by atoms with Crippen LogP contribution in [-0.2, 0) is 4.79 Å². The Morgan fingerprint density at radius 1 is 1.19 bits per heavy atom. The Hall–Kier alpha value is -3.43. The van der Waals surface area contributed by atoms with Gasteiger partial charge in [-0.1, -0.05) is 42.5 Å². The molecule has 2 aromatic carbocycles. The molecule has 0 aliphatic carbocycles. The number of aromatic nitrogens is 1. The van der Waals surface area contributed by atoms with E-state index in [9.17, 15) is 10.1 Å². The first-order valence-electron chi connectivity index (χ1n) is 7.73. The highest BCUT2D eigenvalue weighted by molar-refractivity contribution is 7.11. The Morgan fingerprint density at radius 3 is 2.58 bits per heavy atom. The number of benzene rings is 2. The molecule has 3 aromatic rings. The molecular formula is C20H14N2O3S. The van der Waals surface area contributed by atoms with E-state index in [0.717, 1.165) is 16.8 Å². The SMILES string of the molecule is N#C/C(=C\c1ccc(OCC(=O)O)cc1)c1nc(-c2ccccc2)cs1. The minimum absolute atomic E-state index is 0.389. The van der Waals surface area contributed by atoms with E-state index in [2.05, 4.69) is 11.1 Å². The van der Waals surface area contributed by atoms with Crippen LogP contribution in [0.5, 0.6) is 5.75 Å². The molecule has 1 aromatic heterocycles. The number of hydrogen-bond acceptors (Lipinski definition) is 5. The number of ether oxygens (including phenoxy) is 1. The molecule has 0 unspecified atom stereocenters. The van der Waals surface area contributed by atoms with E-state index in [1.807, 2.05) is 35.7 Å². The summed E-state index contributed by atoms with van der Waals surface area (Å²) >= 11 is 1.42. The average molecular weight is 362 g/mol. The number of carboxylic acid groups (broad SMARTS) is 1. The molecule has 1 N–H and O–H groups in total. The van der Waals surface area contributed by atoms with Crippen LogP contribution in [0.2, 0.25) is 0 Å². The minimum Gasteiger partial charge on any atom is -0.482 e. The van der Waals surface area contributed by atoms with Crippen LogP contribution in [0.1, 0.15) is 10.6 Å². The molecule has 0 saturated carbocycles. The first kappa shape index (κ1) is 17.4. The largest absolute Gasteiger partial charge is 0.482 e. The summed E-state index contributed by atoms with van der Waals surface area (Å²) in [5.74, 6) is -0.567. The summed E-state index contributed by atoms with van der Waals surface area (Å²) < 4.78 is 5.10. The molecule has 0 amide bonds. The minimum atomic E-state index is -1.03. The molecule has 0 bridgehead atoms. The highest BCUT2D eigenvalue weighted by Crippen LogP contribution is 2.27. The molecule has 3 rings (SSSR count). The van der Waals surface area contributed by atoms with Crippen molar-refractivity contribution in [2.24, 2.45) is 0 Å². The maximum Gasteiger partial charge on any atom is 0.341 e. The lowest BCUT2D eigenvalue weighted by Crippen LogP contribution is -2.09. The summed E-state index contributed by atoms with van der Waals surface area (Å²) in [6.45, 7) is -0.389. The van der Waals surface area contributed by atoms with E-state index < -0.39 is 5.97 Å². The molecule has 1 heterocycles. The van der Waals surface area contributed by atoms with Crippen LogP contribution >= 0.6 is 11.3 Å². The van der Waals surface area contributed by atoms with Gasteiger partial charge in [-0.2, -0.15) is 5.26 Å². The van der Waals surface area contributed by atoms with E-state index in [1.165, 1.54) is 11.3 Å². The lowest BCUT2D eigenvalue weighted by molar-refractivity contribution is -0.139. The molecule has 0 aliphatic rings. The third-order valence-electron chi connectivity index (χ3n) is 3.48. The van der Waals surface area contributed by atoms with Crippen LogP contribution in [0.15, 0.2) is 60.0 Å². The highest BCUT2D eigenvalue weighted by atomic mass is 32.1. The molecule has 5 nitrogen and oxygen atoms in total. The topological polar surface area (TPSA) is 83.2 Å². The molecule has 0 saturated heterocycles. The Bertz CT molecular complexity index is 970. The fraction of sp³-hybridized carbons (Fsp3) is 0.0500. The molecule has 0 fully saturated rings. The zero-order valence-corrected chi connectivity index (χ0v) is 14.4. The van der Waals surface area contributed by atoms with Gasteiger partial charge in [0.15, 0.2) is 6.61 Å². The Kier molecular flexibility index (Phi) is 5.42. The standard InChI is InChI=1S/C20H14N2O3S/c21-11-16(10-14-6-8-17(9-7-14)25-12-19(23)24)20-22-18(13-26-20)15-4-2-1-3-5-15/h1-10,13H,12H2,(H,23,24)/b16-10+. The van der Waals surface area contributed by atoms with E-state index in [-0.39, 0.29) is 6.61 Å². The van der Waals surface area contributed by atoms with Gasteiger partial charge in [0.25, 0.3) is 0 Å². The monoisotopic (exact) mass is 362 g/mol. The van der Waals surface area contributed by atoms with Crippen molar-refractivity contribution in [1.82, 2.24) is 4.98 Å². The normalized spacial score (nSPS) is 11.0. The zero-order chi connectivity index (χ0) is 18.4. The van der Waals surface area contributed by atoms with E-state index >= 15 is 0 Å². The van der Waals surface area contributed by atoms with Crippen molar-refractivity contribution in [1.29, 1.82) is 5.26 Å². The second-order valence-corrected chi connectivity index (χ2v) is 6.18. The summed E-state index contributed by atoms with van der Waals surface area (Å²) in [6.07, 6.45) is 1.74. The number of carbonyl (C=O) groups is 1. The van der Waals surface area contributed by atoms with Gasteiger partial charge < -0.3 is 9.84 Å². The van der Waals surface area contributed by atoms with Crippen molar-refractivity contribution >= 4 is 29.0 Å². The van der Waals surface area contributed by atoms with E-state index in [0.29, 0.717) is 16.3 Å². The van der Waals surface area contributed by atoms with Gasteiger partial charge >= 0.3 is 5.97 Å². The van der Waals surface area contributed by atoms with Gasteiger partial charge in [0, 0.05) is 10.9 Å². The van der Waals surface area contributed by atoms with Crippen LogP contribution in [0.25, 0.3) is 22.9 Å². The van der Waals surface area contributed by atoms with Crippen molar-refractivity contribution in [2.75, 3.05) is 6.61 Å². The first-order valence-corrected chi connectivity index (χ1v) is 8.61. The Labute approximate surface area is 154 Å². The van der Waals surface area contributed by atoms with Crippen molar-refractivity contribution in [3.8, 4) is 23.1 Å². The van der Waals surface area contributed by atoms with Gasteiger partial charge in [-0.25, -0.2) is 9.78 Å². The predicted molar refractivity (Wildman–Crippen MR) is 101 cm³/mol. The molecule has 0 atom stereocenters.